The zero-order chi connectivity index (χ0) is 13.6. The topological polar surface area (TPSA) is 29.0 Å². The maximum absolute atomic E-state index is 4.61. The van der Waals surface area contributed by atoms with E-state index in [9.17, 15) is 0 Å². The molecule has 0 unspecified atom stereocenters. The Bertz CT molecular complexity index is 572. The van der Waals surface area contributed by atoms with Gasteiger partial charge in [-0.2, -0.15) is 0 Å². The van der Waals surface area contributed by atoms with Crippen LogP contribution in [0, 0.1) is 0 Å². The molecule has 0 atom stereocenters. The lowest BCUT2D eigenvalue weighted by Gasteiger charge is -2.15. The molecule has 0 radical (unpaired) electrons. The SMILES string of the molecule is C(=C\c1nccc(N2CCCC2)n1)/Cc1ccccc1. The molecule has 1 saturated heterocycles. The normalized spacial score (nSPS) is 15.1. The highest BCUT2D eigenvalue weighted by molar-refractivity contribution is 5.46. The summed E-state index contributed by atoms with van der Waals surface area (Å²) in [7, 11) is 0. The number of anilines is 1. The van der Waals surface area contributed by atoms with Crippen LogP contribution in [-0.4, -0.2) is 23.1 Å². The van der Waals surface area contributed by atoms with Gasteiger partial charge >= 0.3 is 0 Å². The molecule has 0 aliphatic carbocycles. The van der Waals surface area contributed by atoms with Gasteiger partial charge in [0.25, 0.3) is 0 Å². The van der Waals surface area contributed by atoms with Crippen molar-refractivity contribution in [1.82, 2.24) is 9.97 Å². The summed E-state index contributed by atoms with van der Waals surface area (Å²) < 4.78 is 0. The number of allylic oxidation sites excluding steroid dienone is 1. The second-order valence-electron chi connectivity index (χ2n) is 5.06. The van der Waals surface area contributed by atoms with E-state index in [0.29, 0.717) is 0 Å². The maximum atomic E-state index is 4.61. The number of benzene rings is 1. The van der Waals surface area contributed by atoms with E-state index >= 15 is 0 Å². The molecule has 2 heterocycles. The molecule has 3 nitrogen and oxygen atoms in total. The van der Waals surface area contributed by atoms with Crippen molar-refractivity contribution in [3.63, 3.8) is 0 Å². The molecule has 1 aromatic heterocycles. The zero-order valence-electron chi connectivity index (χ0n) is 11.6. The van der Waals surface area contributed by atoms with E-state index in [1.807, 2.05) is 24.4 Å². The van der Waals surface area contributed by atoms with Gasteiger partial charge < -0.3 is 4.90 Å². The molecule has 0 N–H and O–H groups in total. The quantitative estimate of drug-likeness (QED) is 0.849. The summed E-state index contributed by atoms with van der Waals surface area (Å²) in [5.41, 5.74) is 1.31. The molecule has 0 saturated carbocycles. The second kappa shape index (κ2) is 6.33. The van der Waals surface area contributed by atoms with Crippen molar-refractivity contribution < 1.29 is 0 Å². The van der Waals surface area contributed by atoms with E-state index in [-0.39, 0.29) is 0 Å². The Morgan fingerprint density at radius 2 is 1.85 bits per heavy atom. The third-order valence-corrected chi connectivity index (χ3v) is 3.55. The van der Waals surface area contributed by atoms with Crippen molar-refractivity contribution >= 4 is 11.9 Å². The van der Waals surface area contributed by atoms with Crippen molar-refractivity contribution in [1.29, 1.82) is 0 Å². The molecule has 1 aromatic carbocycles. The lowest BCUT2D eigenvalue weighted by atomic mass is 10.1. The van der Waals surface area contributed by atoms with Gasteiger partial charge in [-0.15, -0.1) is 0 Å². The fourth-order valence-corrected chi connectivity index (χ4v) is 2.48. The number of rotatable bonds is 4. The predicted molar refractivity (Wildman–Crippen MR) is 82.7 cm³/mol. The predicted octanol–water partition coefficient (Wildman–Crippen LogP) is 3.33. The minimum atomic E-state index is 0.797. The molecule has 2 aromatic rings. The lowest BCUT2D eigenvalue weighted by Crippen LogP contribution is -2.19. The molecule has 0 spiro atoms. The Morgan fingerprint density at radius 1 is 1.05 bits per heavy atom. The monoisotopic (exact) mass is 265 g/mol. The summed E-state index contributed by atoms with van der Waals surface area (Å²) in [6.45, 7) is 2.23. The van der Waals surface area contributed by atoms with E-state index in [4.69, 9.17) is 0 Å². The zero-order valence-corrected chi connectivity index (χ0v) is 11.6. The molecule has 1 aliphatic rings. The van der Waals surface area contributed by atoms with Crippen molar-refractivity contribution in [2.45, 2.75) is 19.3 Å². The summed E-state index contributed by atoms with van der Waals surface area (Å²) in [6.07, 6.45) is 9.43. The number of nitrogens with zero attached hydrogens (tertiary/aromatic N) is 3. The molecule has 102 valence electrons. The minimum Gasteiger partial charge on any atom is -0.357 e. The Morgan fingerprint density at radius 3 is 2.65 bits per heavy atom. The van der Waals surface area contributed by atoms with Gasteiger partial charge in [0.1, 0.15) is 5.82 Å². The largest absolute Gasteiger partial charge is 0.357 e. The Kier molecular flexibility index (Phi) is 4.07. The molecule has 0 amide bonds. The fraction of sp³-hybridized carbons (Fsp3) is 0.294. The van der Waals surface area contributed by atoms with E-state index in [1.165, 1.54) is 18.4 Å². The molecule has 20 heavy (non-hydrogen) atoms. The van der Waals surface area contributed by atoms with Crippen molar-refractivity contribution in [2.75, 3.05) is 18.0 Å². The lowest BCUT2D eigenvalue weighted by molar-refractivity contribution is 0.923. The third kappa shape index (κ3) is 3.23. The number of hydrogen-bond donors (Lipinski definition) is 0. The highest BCUT2D eigenvalue weighted by Crippen LogP contribution is 2.17. The fourth-order valence-electron chi connectivity index (χ4n) is 2.48. The van der Waals surface area contributed by atoms with E-state index in [1.54, 1.807) is 0 Å². The van der Waals surface area contributed by atoms with Gasteiger partial charge in [-0.1, -0.05) is 36.4 Å². The number of aromatic nitrogens is 2. The van der Waals surface area contributed by atoms with Crippen LogP contribution in [0.3, 0.4) is 0 Å². The van der Waals surface area contributed by atoms with Crippen molar-refractivity contribution in [2.24, 2.45) is 0 Å². The van der Waals surface area contributed by atoms with Crippen LogP contribution in [0.1, 0.15) is 24.2 Å². The first-order valence-corrected chi connectivity index (χ1v) is 7.20. The highest BCUT2D eigenvalue weighted by atomic mass is 15.2. The van der Waals surface area contributed by atoms with Crippen molar-refractivity contribution in [3.05, 3.63) is 60.1 Å². The van der Waals surface area contributed by atoms with Crippen LogP contribution in [0.5, 0.6) is 0 Å². The second-order valence-corrected chi connectivity index (χ2v) is 5.06. The van der Waals surface area contributed by atoms with Gasteiger partial charge in [0.05, 0.1) is 0 Å². The van der Waals surface area contributed by atoms with E-state index in [0.717, 1.165) is 31.2 Å². The van der Waals surface area contributed by atoms with E-state index in [2.05, 4.69) is 45.2 Å². The van der Waals surface area contributed by atoms with Crippen LogP contribution < -0.4 is 4.90 Å². The average Bonchev–Trinajstić information content (AvgIpc) is 3.03. The van der Waals surface area contributed by atoms with Crippen LogP contribution in [0.15, 0.2) is 48.7 Å². The molecule has 1 aliphatic heterocycles. The molecular formula is C17H19N3. The van der Waals surface area contributed by atoms with Gasteiger partial charge in [-0.05, 0) is 37.0 Å². The molecule has 1 fully saturated rings. The molecule has 0 bridgehead atoms. The third-order valence-electron chi connectivity index (χ3n) is 3.55. The summed E-state index contributed by atoms with van der Waals surface area (Å²) in [5.74, 6) is 1.85. The average molecular weight is 265 g/mol. The van der Waals surface area contributed by atoms with Crippen LogP contribution >= 0.6 is 0 Å². The van der Waals surface area contributed by atoms with Crippen molar-refractivity contribution in [3.8, 4) is 0 Å². The summed E-state index contributed by atoms with van der Waals surface area (Å²) in [5, 5.41) is 0. The highest BCUT2D eigenvalue weighted by Gasteiger charge is 2.13. The van der Waals surface area contributed by atoms with Gasteiger partial charge in [0.2, 0.25) is 0 Å². The minimum absolute atomic E-state index is 0.797. The maximum Gasteiger partial charge on any atom is 0.153 e. The van der Waals surface area contributed by atoms with Gasteiger partial charge in [-0.25, -0.2) is 9.97 Å². The first-order valence-electron chi connectivity index (χ1n) is 7.20. The molecular weight excluding hydrogens is 246 g/mol. The van der Waals surface area contributed by atoms with Gasteiger partial charge in [-0.3, -0.25) is 0 Å². The van der Waals surface area contributed by atoms with Crippen LogP contribution in [-0.2, 0) is 6.42 Å². The standard InChI is InChI=1S/C17H19N3/c1-2-7-15(8-3-1)9-6-10-16-18-12-11-17(19-16)20-13-4-5-14-20/h1-3,6-8,10-12H,4-5,9,13-14H2/b10-6+. The summed E-state index contributed by atoms with van der Waals surface area (Å²) in [6, 6.07) is 12.4. The molecule has 3 rings (SSSR count). The summed E-state index contributed by atoms with van der Waals surface area (Å²) >= 11 is 0. The van der Waals surface area contributed by atoms with Gasteiger partial charge in [0.15, 0.2) is 5.82 Å². The number of hydrogen-bond acceptors (Lipinski definition) is 3. The summed E-state index contributed by atoms with van der Waals surface area (Å²) in [4.78, 5) is 11.3. The first-order chi connectivity index (χ1) is 9.92. The Hall–Kier alpha value is -2.16. The van der Waals surface area contributed by atoms with Gasteiger partial charge in [0, 0.05) is 19.3 Å². The van der Waals surface area contributed by atoms with Crippen LogP contribution in [0.25, 0.3) is 6.08 Å². The smallest absolute Gasteiger partial charge is 0.153 e. The van der Waals surface area contributed by atoms with Crippen LogP contribution in [0.2, 0.25) is 0 Å². The first kappa shape index (κ1) is 12.9. The Balaban J connectivity index is 1.66. The Labute approximate surface area is 120 Å². The molecule has 3 heteroatoms. The van der Waals surface area contributed by atoms with E-state index < -0.39 is 0 Å². The van der Waals surface area contributed by atoms with Crippen LogP contribution in [0.4, 0.5) is 5.82 Å².